The first-order chi connectivity index (χ1) is 14.0. The predicted octanol–water partition coefficient (Wildman–Crippen LogP) is 4.38. The molecule has 0 heterocycles. The van der Waals surface area contributed by atoms with Crippen molar-refractivity contribution in [1.29, 1.82) is 0 Å². The summed E-state index contributed by atoms with van der Waals surface area (Å²) in [5.41, 5.74) is 0.436. The van der Waals surface area contributed by atoms with Crippen LogP contribution in [0.2, 0.25) is 0 Å². The summed E-state index contributed by atoms with van der Waals surface area (Å²) in [6.07, 6.45) is -1.21. The van der Waals surface area contributed by atoms with E-state index in [-0.39, 0.29) is 17.0 Å². The van der Waals surface area contributed by atoms with Gasteiger partial charge in [-0.05, 0) is 6.07 Å². The summed E-state index contributed by atoms with van der Waals surface area (Å²) < 4.78 is 10.7. The summed E-state index contributed by atoms with van der Waals surface area (Å²) in [5, 5.41) is 11.1. The molecule has 1 atom stereocenters. The Morgan fingerprint density at radius 3 is 2.14 bits per heavy atom. The van der Waals surface area contributed by atoms with Crippen LogP contribution in [0.15, 0.2) is 78.9 Å². The maximum atomic E-state index is 13.0. The number of ether oxygens (including phenoxy) is 2. The Morgan fingerprint density at radius 1 is 0.931 bits per heavy atom. The topological polar surface area (TPSA) is 95.7 Å². The predicted molar refractivity (Wildman–Crippen MR) is 105 cm³/mol. The molecule has 0 aliphatic carbocycles. The van der Waals surface area contributed by atoms with Gasteiger partial charge in [-0.25, -0.2) is 4.79 Å². The van der Waals surface area contributed by atoms with Crippen molar-refractivity contribution in [2.45, 2.75) is 6.10 Å². The number of hydrogen-bond donors (Lipinski definition) is 0. The number of methoxy groups -OCH3 is 1. The summed E-state index contributed by atoms with van der Waals surface area (Å²) in [5.74, 6) is -1.20. The van der Waals surface area contributed by atoms with Crippen molar-refractivity contribution >= 4 is 17.4 Å². The first kappa shape index (κ1) is 19.8. The fourth-order valence-corrected chi connectivity index (χ4v) is 2.79. The highest BCUT2D eigenvalue weighted by molar-refractivity contribution is 6.02. The van der Waals surface area contributed by atoms with Gasteiger partial charge < -0.3 is 9.47 Å². The van der Waals surface area contributed by atoms with E-state index in [1.54, 1.807) is 60.7 Å². The Kier molecular flexibility index (Phi) is 5.99. The molecule has 7 nitrogen and oxygen atoms in total. The number of benzene rings is 3. The Bertz CT molecular complexity index is 1030. The van der Waals surface area contributed by atoms with E-state index >= 15 is 0 Å². The van der Waals surface area contributed by atoms with E-state index in [4.69, 9.17) is 9.47 Å². The standard InChI is InChI=1S/C22H17NO6/c1-28-19-13-12-17(23(26)27)14-18(19)22(25)29-21(16-10-6-3-7-11-16)20(24)15-8-4-2-5-9-15/h2-14,21H,1H3/t21-/m0/s1. The monoisotopic (exact) mass is 391 g/mol. The van der Waals surface area contributed by atoms with Crippen LogP contribution in [0, 0.1) is 10.1 Å². The molecule has 3 rings (SSSR count). The molecule has 0 saturated carbocycles. The van der Waals surface area contributed by atoms with E-state index in [1.807, 2.05) is 0 Å². The number of rotatable bonds is 7. The van der Waals surface area contributed by atoms with Crippen LogP contribution >= 0.6 is 0 Å². The molecule has 0 aliphatic heterocycles. The van der Waals surface area contributed by atoms with Crippen molar-refractivity contribution in [3.8, 4) is 5.75 Å². The van der Waals surface area contributed by atoms with E-state index < -0.39 is 22.8 Å². The maximum Gasteiger partial charge on any atom is 0.343 e. The molecule has 0 spiro atoms. The Morgan fingerprint density at radius 2 is 1.55 bits per heavy atom. The van der Waals surface area contributed by atoms with Crippen LogP contribution in [0.1, 0.15) is 32.4 Å². The average molecular weight is 391 g/mol. The summed E-state index contributed by atoms with van der Waals surface area (Å²) in [4.78, 5) is 36.3. The lowest BCUT2D eigenvalue weighted by atomic mass is 9.99. The van der Waals surface area contributed by atoms with E-state index in [0.29, 0.717) is 11.1 Å². The highest BCUT2D eigenvalue weighted by atomic mass is 16.6. The zero-order valence-electron chi connectivity index (χ0n) is 15.5. The molecule has 0 fully saturated rings. The van der Waals surface area contributed by atoms with Gasteiger partial charge in [-0.1, -0.05) is 60.7 Å². The second-order valence-electron chi connectivity index (χ2n) is 6.07. The van der Waals surface area contributed by atoms with Gasteiger partial charge in [0.05, 0.1) is 12.0 Å². The second-order valence-corrected chi connectivity index (χ2v) is 6.07. The first-order valence-electron chi connectivity index (χ1n) is 8.69. The largest absolute Gasteiger partial charge is 0.496 e. The summed E-state index contributed by atoms with van der Waals surface area (Å²) in [7, 11) is 1.34. The quantitative estimate of drug-likeness (QED) is 0.257. The zero-order chi connectivity index (χ0) is 20.8. The van der Waals surface area contributed by atoms with Gasteiger partial charge in [0, 0.05) is 23.3 Å². The summed E-state index contributed by atoms with van der Waals surface area (Å²) in [6, 6.07) is 20.6. The third kappa shape index (κ3) is 4.47. The van der Waals surface area contributed by atoms with Gasteiger partial charge in [-0.3, -0.25) is 14.9 Å². The molecule has 0 N–H and O–H groups in total. The van der Waals surface area contributed by atoms with Crippen molar-refractivity contribution in [2.75, 3.05) is 7.11 Å². The minimum atomic E-state index is -1.21. The molecular weight excluding hydrogens is 374 g/mol. The summed E-state index contributed by atoms with van der Waals surface area (Å²) in [6.45, 7) is 0. The van der Waals surface area contributed by atoms with E-state index in [9.17, 15) is 19.7 Å². The molecule has 29 heavy (non-hydrogen) atoms. The van der Waals surface area contributed by atoms with Crippen LogP contribution in [-0.4, -0.2) is 23.8 Å². The van der Waals surface area contributed by atoms with E-state index in [0.717, 1.165) is 6.07 Å². The molecule has 0 aliphatic rings. The second kappa shape index (κ2) is 8.79. The van der Waals surface area contributed by atoms with Crippen molar-refractivity contribution in [3.63, 3.8) is 0 Å². The van der Waals surface area contributed by atoms with Gasteiger partial charge in [-0.15, -0.1) is 0 Å². The number of ketones is 1. The highest BCUT2D eigenvalue weighted by Crippen LogP contribution is 2.29. The SMILES string of the molecule is COc1ccc([N+](=O)[O-])cc1C(=O)O[C@H](C(=O)c1ccccc1)c1ccccc1. The Balaban J connectivity index is 1.98. The van der Waals surface area contributed by atoms with Crippen molar-refractivity contribution in [3.05, 3.63) is 106 Å². The molecule has 0 bridgehead atoms. The minimum Gasteiger partial charge on any atom is -0.496 e. The van der Waals surface area contributed by atoms with Crippen molar-refractivity contribution in [2.24, 2.45) is 0 Å². The van der Waals surface area contributed by atoms with Crippen LogP contribution in [-0.2, 0) is 4.74 Å². The Labute approximate surface area is 166 Å². The number of nitrogens with zero attached hydrogens (tertiary/aromatic N) is 1. The zero-order valence-corrected chi connectivity index (χ0v) is 15.5. The van der Waals surface area contributed by atoms with E-state index in [2.05, 4.69) is 0 Å². The lowest BCUT2D eigenvalue weighted by Gasteiger charge is -2.18. The van der Waals surface area contributed by atoms with Crippen molar-refractivity contribution < 1.29 is 24.0 Å². The number of Topliss-reactive ketones (excluding diaryl/α,β-unsaturated/α-hetero) is 1. The number of nitro groups is 1. The van der Waals surface area contributed by atoms with Crippen molar-refractivity contribution in [1.82, 2.24) is 0 Å². The molecule has 3 aromatic rings. The third-order valence-corrected chi connectivity index (χ3v) is 4.24. The van der Waals surface area contributed by atoms with Gasteiger partial charge in [0.15, 0.2) is 6.10 Å². The van der Waals surface area contributed by atoms with Crippen LogP contribution < -0.4 is 4.74 Å². The average Bonchev–Trinajstić information content (AvgIpc) is 2.77. The minimum absolute atomic E-state index is 0.111. The molecule has 3 aromatic carbocycles. The van der Waals surface area contributed by atoms with Gasteiger partial charge in [0.25, 0.3) is 5.69 Å². The fourth-order valence-electron chi connectivity index (χ4n) is 2.79. The molecule has 0 unspecified atom stereocenters. The number of carbonyl (C=O) groups is 2. The lowest BCUT2D eigenvalue weighted by molar-refractivity contribution is -0.384. The highest BCUT2D eigenvalue weighted by Gasteiger charge is 2.28. The normalized spacial score (nSPS) is 11.3. The molecule has 0 aromatic heterocycles. The maximum absolute atomic E-state index is 13.0. The third-order valence-electron chi connectivity index (χ3n) is 4.24. The number of nitro benzene ring substituents is 1. The number of esters is 1. The van der Waals surface area contributed by atoms with Gasteiger partial charge in [0.2, 0.25) is 5.78 Å². The Hall–Kier alpha value is -4.00. The smallest absolute Gasteiger partial charge is 0.343 e. The van der Waals surface area contributed by atoms with Crippen LogP contribution in [0.4, 0.5) is 5.69 Å². The lowest BCUT2D eigenvalue weighted by Crippen LogP contribution is -2.20. The number of hydrogen-bond acceptors (Lipinski definition) is 6. The van der Waals surface area contributed by atoms with Gasteiger partial charge in [0.1, 0.15) is 11.3 Å². The fraction of sp³-hybridized carbons (Fsp3) is 0.0909. The molecule has 0 amide bonds. The molecule has 7 heteroatoms. The van der Waals surface area contributed by atoms with Crippen LogP contribution in [0.5, 0.6) is 5.75 Å². The summed E-state index contributed by atoms with van der Waals surface area (Å²) >= 11 is 0. The first-order valence-corrected chi connectivity index (χ1v) is 8.69. The molecular formula is C22H17NO6. The molecule has 0 radical (unpaired) electrons. The number of non-ortho nitro benzene ring substituents is 1. The molecule has 146 valence electrons. The van der Waals surface area contributed by atoms with Gasteiger partial charge >= 0.3 is 5.97 Å². The van der Waals surface area contributed by atoms with Crippen LogP contribution in [0.3, 0.4) is 0 Å². The van der Waals surface area contributed by atoms with Gasteiger partial charge in [-0.2, -0.15) is 0 Å². The molecule has 0 saturated heterocycles. The number of carbonyl (C=O) groups excluding carboxylic acids is 2. The van der Waals surface area contributed by atoms with Crippen LogP contribution in [0.25, 0.3) is 0 Å². The van der Waals surface area contributed by atoms with E-state index in [1.165, 1.54) is 19.2 Å².